The van der Waals surface area contributed by atoms with E-state index < -0.39 is 5.97 Å². The van der Waals surface area contributed by atoms with Crippen LogP contribution in [0.1, 0.15) is 49.4 Å². The molecule has 1 fully saturated rings. The smallest absolute Gasteiger partial charge is 0.306 e. The van der Waals surface area contributed by atoms with E-state index in [9.17, 15) is 9.59 Å². The molecular weight excluding hydrogens is 282 g/mol. The zero-order chi connectivity index (χ0) is 15.9. The average Bonchev–Trinajstić information content (AvgIpc) is 2.97. The topological polar surface area (TPSA) is 75.6 Å². The summed E-state index contributed by atoms with van der Waals surface area (Å²) in [6, 6.07) is 7.01. The Morgan fingerprint density at radius 2 is 2.00 bits per heavy atom. The van der Waals surface area contributed by atoms with E-state index in [0.29, 0.717) is 25.0 Å². The first-order chi connectivity index (χ1) is 10.6. The minimum atomic E-state index is -0.773. The predicted molar refractivity (Wildman–Crippen MR) is 83.1 cm³/mol. The van der Waals surface area contributed by atoms with Gasteiger partial charge in [-0.2, -0.15) is 0 Å². The Hall–Kier alpha value is -2.04. The summed E-state index contributed by atoms with van der Waals surface area (Å²) >= 11 is 0. The van der Waals surface area contributed by atoms with Crippen LogP contribution in [0.4, 0.5) is 0 Å². The molecule has 5 heteroatoms. The van der Waals surface area contributed by atoms with E-state index in [-0.39, 0.29) is 17.9 Å². The maximum atomic E-state index is 12.1. The van der Waals surface area contributed by atoms with Gasteiger partial charge in [0.1, 0.15) is 5.75 Å². The van der Waals surface area contributed by atoms with Gasteiger partial charge in [0.15, 0.2) is 0 Å². The Morgan fingerprint density at radius 1 is 1.27 bits per heavy atom. The molecule has 1 aromatic carbocycles. The summed E-state index contributed by atoms with van der Waals surface area (Å²) in [4.78, 5) is 23.1. The number of benzene rings is 1. The van der Waals surface area contributed by atoms with Crippen LogP contribution < -0.4 is 10.1 Å². The molecule has 0 spiro atoms. The molecule has 0 saturated heterocycles. The second-order valence-electron chi connectivity index (χ2n) is 5.74. The van der Waals surface area contributed by atoms with Crippen molar-refractivity contribution in [3.63, 3.8) is 0 Å². The molecule has 5 nitrogen and oxygen atoms in total. The molecule has 0 radical (unpaired) electrons. The third-order valence-electron chi connectivity index (χ3n) is 4.00. The van der Waals surface area contributed by atoms with Gasteiger partial charge in [-0.1, -0.05) is 13.3 Å². The third-order valence-corrected chi connectivity index (χ3v) is 4.00. The van der Waals surface area contributed by atoms with Crippen molar-refractivity contribution < 1.29 is 19.4 Å². The molecular formula is C17H23NO4. The summed E-state index contributed by atoms with van der Waals surface area (Å²) in [7, 11) is 0. The van der Waals surface area contributed by atoms with Gasteiger partial charge in [0.2, 0.25) is 0 Å². The Kier molecular flexibility index (Phi) is 5.81. The van der Waals surface area contributed by atoms with Crippen LogP contribution in [0.2, 0.25) is 0 Å². The highest BCUT2D eigenvalue weighted by Crippen LogP contribution is 2.26. The average molecular weight is 305 g/mol. The van der Waals surface area contributed by atoms with E-state index in [2.05, 4.69) is 12.2 Å². The van der Waals surface area contributed by atoms with E-state index >= 15 is 0 Å². The zero-order valence-corrected chi connectivity index (χ0v) is 12.9. The highest BCUT2D eigenvalue weighted by atomic mass is 16.5. The van der Waals surface area contributed by atoms with Gasteiger partial charge in [0.25, 0.3) is 5.91 Å². The van der Waals surface area contributed by atoms with Gasteiger partial charge in [-0.05, 0) is 49.9 Å². The van der Waals surface area contributed by atoms with E-state index in [1.807, 2.05) is 0 Å². The summed E-state index contributed by atoms with van der Waals surface area (Å²) < 4.78 is 5.56. The number of unbranched alkanes of at least 4 members (excludes halogenated alkanes) is 1. The number of carbonyl (C=O) groups excluding carboxylic acids is 1. The number of rotatable bonds is 7. The van der Waals surface area contributed by atoms with Crippen molar-refractivity contribution in [2.45, 2.75) is 45.1 Å². The fraction of sp³-hybridized carbons (Fsp3) is 0.529. The number of carboxylic acids is 1. The van der Waals surface area contributed by atoms with E-state index in [1.54, 1.807) is 24.3 Å². The molecule has 1 aromatic rings. The second-order valence-corrected chi connectivity index (χ2v) is 5.74. The van der Waals surface area contributed by atoms with Crippen molar-refractivity contribution in [1.29, 1.82) is 0 Å². The number of carboxylic acid groups (broad SMARTS) is 1. The maximum Gasteiger partial charge on any atom is 0.306 e. The van der Waals surface area contributed by atoms with Crippen molar-refractivity contribution in [3.05, 3.63) is 29.8 Å². The summed E-state index contributed by atoms with van der Waals surface area (Å²) in [6.07, 6.45) is 3.96. The van der Waals surface area contributed by atoms with Crippen molar-refractivity contribution in [1.82, 2.24) is 5.32 Å². The summed E-state index contributed by atoms with van der Waals surface area (Å²) in [5.74, 6) is -0.502. The molecule has 2 rings (SSSR count). The largest absolute Gasteiger partial charge is 0.494 e. The zero-order valence-electron chi connectivity index (χ0n) is 12.9. The molecule has 1 aliphatic rings. The Balaban J connectivity index is 1.84. The molecule has 2 atom stereocenters. The van der Waals surface area contributed by atoms with Crippen molar-refractivity contribution in [2.24, 2.45) is 5.92 Å². The normalized spacial score (nSPS) is 20.6. The number of hydrogen-bond donors (Lipinski definition) is 2. The molecule has 1 saturated carbocycles. The maximum absolute atomic E-state index is 12.1. The molecule has 2 N–H and O–H groups in total. The van der Waals surface area contributed by atoms with Gasteiger partial charge in [0.05, 0.1) is 12.5 Å². The van der Waals surface area contributed by atoms with Gasteiger partial charge in [-0.15, -0.1) is 0 Å². The molecule has 22 heavy (non-hydrogen) atoms. The van der Waals surface area contributed by atoms with Crippen LogP contribution in [0.25, 0.3) is 0 Å². The first-order valence-electron chi connectivity index (χ1n) is 7.86. The number of hydrogen-bond acceptors (Lipinski definition) is 3. The van der Waals surface area contributed by atoms with Gasteiger partial charge < -0.3 is 15.2 Å². The molecule has 120 valence electrons. The first kappa shape index (κ1) is 16.3. The Bertz CT molecular complexity index is 512. The van der Waals surface area contributed by atoms with E-state index in [4.69, 9.17) is 9.84 Å². The fourth-order valence-electron chi connectivity index (χ4n) is 2.64. The molecule has 1 amide bonds. The van der Waals surface area contributed by atoms with Gasteiger partial charge in [0, 0.05) is 11.6 Å². The molecule has 0 unspecified atom stereocenters. The number of nitrogens with one attached hydrogen (secondary N) is 1. The van der Waals surface area contributed by atoms with Crippen LogP contribution in [0.5, 0.6) is 5.75 Å². The fourth-order valence-corrected chi connectivity index (χ4v) is 2.64. The minimum absolute atomic E-state index is 0.0471. The number of amides is 1. The Labute approximate surface area is 130 Å². The van der Waals surface area contributed by atoms with Crippen molar-refractivity contribution >= 4 is 11.9 Å². The van der Waals surface area contributed by atoms with Gasteiger partial charge >= 0.3 is 5.97 Å². The van der Waals surface area contributed by atoms with Crippen molar-refractivity contribution in [3.8, 4) is 5.75 Å². The highest BCUT2D eigenvalue weighted by Gasteiger charge is 2.30. The predicted octanol–water partition coefficient (Wildman–Crippen LogP) is 2.85. The lowest BCUT2D eigenvalue weighted by atomic mass is 10.1. The minimum Gasteiger partial charge on any atom is -0.494 e. The molecule has 0 bridgehead atoms. The molecule has 1 aliphatic carbocycles. The third kappa shape index (κ3) is 4.48. The molecule has 0 heterocycles. The van der Waals surface area contributed by atoms with Crippen LogP contribution in [0, 0.1) is 5.92 Å². The highest BCUT2D eigenvalue weighted by molar-refractivity contribution is 5.94. The number of carbonyl (C=O) groups is 2. The van der Waals surface area contributed by atoms with Crippen LogP contribution in [-0.4, -0.2) is 29.6 Å². The van der Waals surface area contributed by atoms with Crippen LogP contribution in [-0.2, 0) is 4.79 Å². The lowest BCUT2D eigenvalue weighted by molar-refractivity contribution is -0.141. The summed E-state index contributed by atoms with van der Waals surface area (Å²) in [5.41, 5.74) is 0.571. The SMILES string of the molecule is CCCCOc1ccc(C(=O)N[C@@H]2CC[C@H](C(=O)O)C2)cc1. The monoisotopic (exact) mass is 305 g/mol. The van der Waals surface area contributed by atoms with Gasteiger partial charge in [-0.3, -0.25) is 9.59 Å². The number of aliphatic carboxylic acids is 1. The molecule has 0 aliphatic heterocycles. The van der Waals surface area contributed by atoms with Crippen LogP contribution >= 0.6 is 0 Å². The standard InChI is InChI=1S/C17H23NO4/c1-2-3-10-22-15-8-5-12(6-9-15)16(19)18-14-7-4-13(11-14)17(20)21/h5-6,8-9,13-14H,2-4,7,10-11H2,1H3,(H,18,19)(H,20,21)/t13-,14+/m0/s1. The van der Waals surface area contributed by atoms with E-state index in [1.165, 1.54) is 0 Å². The van der Waals surface area contributed by atoms with E-state index in [0.717, 1.165) is 25.0 Å². The number of ether oxygens (including phenoxy) is 1. The van der Waals surface area contributed by atoms with Crippen LogP contribution in [0.3, 0.4) is 0 Å². The quantitative estimate of drug-likeness (QED) is 0.760. The first-order valence-corrected chi connectivity index (χ1v) is 7.86. The summed E-state index contributed by atoms with van der Waals surface area (Å²) in [5, 5.41) is 11.9. The van der Waals surface area contributed by atoms with Gasteiger partial charge in [-0.25, -0.2) is 0 Å². The Morgan fingerprint density at radius 3 is 2.59 bits per heavy atom. The van der Waals surface area contributed by atoms with Crippen molar-refractivity contribution in [2.75, 3.05) is 6.61 Å². The lowest BCUT2D eigenvalue weighted by Crippen LogP contribution is -2.33. The van der Waals surface area contributed by atoms with Crippen LogP contribution in [0.15, 0.2) is 24.3 Å². The molecule has 0 aromatic heterocycles. The lowest BCUT2D eigenvalue weighted by Gasteiger charge is -2.13. The second kappa shape index (κ2) is 7.82. The summed E-state index contributed by atoms with van der Waals surface area (Å²) in [6.45, 7) is 2.79.